The van der Waals surface area contributed by atoms with Crippen molar-refractivity contribution < 1.29 is 5.11 Å². The van der Waals surface area contributed by atoms with Gasteiger partial charge in [-0.3, -0.25) is 4.68 Å². The van der Waals surface area contributed by atoms with E-state index in [2.05, 4.69) is 34.0 Å². The highest BCUT2D eigenvalue weighted by Gasteiger charge is 2.15. The van der Waals surface area contributed by atoms with Crippen molar-refractivity contribution in [2.45, 2.75) is 32.8 Å². The third-order valence-electron chi connectivity index (χ3n) is 3.00. The topological polar surface area (TPSA) is 38.0 Å². The molecule has 1 atom stereocenters. The van der Waals surface area contributed by atoms with E-state index in [-0.39, 0.29) is 0 Å². The first-order chi connectivity index (χ1) is 8.51. The predicted octanol–water partition coefficient (Wildman–Crippen LogP) is 3.39. The molecule has 98 valence electrons. The summed E-state index contributed by atoms with van der Waals surface area (Å²) < 4.78 is 2.93. The summed E-state index contributed by atoms with van der Waals surface area (Å²) in [7, 11) is 1.93. The van der Waals surface area contributed by atoms with Gasteiger partial charge in [0.05, 0.1) is 11.8 Å². The summed E-state index contributed by atoms with van der Waals surface area (Å²) >= 11 is 5.11. The molecule has 0 aliphatic rings. The molecule has 0 saturated carbocycles. The maximum absolute atomic E-state index is 10.3. The first kappa shape index (κ1) is 13.8. The van der Waals surface area contributed by atoms with Gasteiger partial charge in [0.15, 0.2) is 0 Å². The van der Waals surface area contributed by atoms with Gasteiger partial charge in [0.25, 0.3) is 0 Å². The van der Waals surface area contributed by atoms with Crippen LogP contribution in [0.2, 0.25) is 0 Å². The number of rotatable bonds is 4. The van der Waals surface area contributed by atoms with E-state index < -0.39 is 6.10 Å². The molecule has 1 unspecified atom stereocenters. The minimum atomic E-state index is -0.458. The van der Waals surface area contributed by atoms with Gasteiger partial charge in [-0.25, -0.2) is 0 Å². The largest absolute Gasteiger partial charge is 0.387 e. The van der Waals surface area contributed by atoms with Crippen LogP contribution < -0.4 is 0 Å². The molecule has 0 saturated heterocycles. The summed E-state index contributed by atoms with van der Waals surface area (Å²) in [5, 5.41) is 14.7. The van der Waals surface area contributed by atoms with E-state index >= 15 is 0 Å². The quantitative estimate of drug-likeness (QED) is 0.934. The van der Waals surface area contributed by atoms with E-state index in [1.807, 2.05) is 24.7 Å². The molecule has 1 N–H and O–H groups in total. The minimum Gasteiger partial charge on any atom is -0.387 e. The average Bonchev–Trinajstić information content (AvgIpc) is 2.84. The summed E-state index contributed by atoms with van der Waals surface area (Å²) in [6.45, 7) is 4.13. The van der Waals surface area contributed by atoms with Gasteiger partial charge < -0.3 is 5.11 Å². The number of aliphatic hydroxyl groups excluding tert-OH is 1. The number of thiophene rings is 1. The Balaban J connectivity index is 2.15. The van der Waals surface area contributed by atoms with Crippen molar-refractivity contribution in [1.82, 2.24) is 9.78 Å². The molecule has 0 aliphatic heterocycles. The highest BCUT2D eigenvalue weighted by atomic mass is 79.9. The summed E-state index contributed by atoms with van der Waals surface area (Å²) in [4.78, 5) is 2.20. The van der Waals surface area contributed by atoms with Gasteiger partial charge in [0.1, 0.15) is 0 Å². The Kier molecular flexibility index (Phi) is 4.25. The molecule has 0 aliphatic carbocycles. The molecule has 18 heavy (non-hydrogen) atoms. The molecule has 2 aromatic heterocycles. The summed E-state index contributed by atoms with van der Waals surface area (Å²) in [6.07, 6.45) is 1.07. The van der Waals surface area contributed by atoms with Crippen LogP contribution in [0, 0.1) is 6.92 Å². The second-order valence-corrected chi connectivity index (χ2v) is 6.52. The van der Waals surface area contributed by atoms with Gasteiger partial charge >= 0.3 is 0 Å². The van der Waals surface area contributed by atoms with Crippen LogP contribution in [0.3, 0.4) is 0 Å². The van der Waals surface area contributed by atoms with E-state index in [9.17, 15) is 5.11 Å². The maximum atomic E-state index is 10.3. The van der Waals surface area contributed by atoms with Crippen molar-refractivity contribution in [2.24, 2.45) is 7.05 Å². The standard InChI is InChI=1S/C13H17BrN2OS/c1-4-9-5-10(16(3)15-9)6-12(17)13-7-11(14)8(2)18-13/h5,7,12,17H,4,6H2,1-3H3. The number of hydrogen-bond acceptors (Lipinski definition) is 3. The van der Waals surface area contributed by atoms with Crippen LogP contribution in [0.25, 0.3) is 0 Å². The van der Waals surface area contributed by atoms with Crippen molar-refractivity contribution in [3.05, 3.63) is 37.7 Å². The molecule has 2 aromatic rings. The molecule has 0 radical (unpaired) electrons. The first-order valence-electron chi connectivity index (χ1n) is 5.97. The number of aryl methyl sites for hydroxylation is 3. The third kappa shape index (κ3) is 2.84. The van der Waals surface area contributed by atoms with Gasteiger partial charge in [0, 0.05) is 33.4 Å². The SMILES string of the molecule is CCc1cc(CC(O)c2cc(Br)c(C)s2)n(C)n1. The maximum Gasteiger partial charge on any atom is 0.0937 e. The van der Waals surface area contributed by atoms with Gasteiger partial charge in [-0.2, -0.15) is 5.10 Å². The zero-order valence-corrected chi connectivity index (χ0v) is 13.2. The number of aliphatic hydroxyl groups is 1. The lowest BCUT2D eigenvalue weighted by atomic mass is 10.1. The zero-order valence-electron chi connectivity index (χ0n) is 10.8. The molecule has 0 spiro atoms. The lowest BCUT2D eigenvalue weighted by Gasteiger charge is -2.08. The Morgan fingerprint density at radius 2 is 2.22 bits per heavy atom. The second-order valence-electron chi connectivity index (χ2n) is 4.38. The fourth-order valence-corrected chi connectivity index (χ4v) is 3.43. The lowest BCUT2D eigenvalue weighted by Crippen LogP contribution is -2.05. The Morgan fingerprint density at radius 3 is 2.72 bits per heavy atom. The van der Waals surface area contributed by atoms with Crippen molar-refractivity contribution >= 4 is 27.3 Å². The molecule has 3 nitrogen and oxygen atoms in total. The highest BCUT2D eigenvalue weighted by Crippen LogP contribution is 2.32. The smallest absolute Gasteiger partial charge is 0.0937 e. The number of halogens is 1. The molecular formula is C13H17BrN2OS. The summed E-state index contributed by atoms with van der Waals surface area (Å²) in [5.74, 6) is 0. The van der Waals surface area contributed by atoms with E-state index in [1.165, 1.54) is 4.88 Å². The van der Waals surface area contributed by atoms with E-state index in [4.69, 9.17) is 0 Å². The predicted molar refractivity (Wildman–Crippen MR) is 78.0 cm³/mol. The van der Waals surface area contributed by atoms with Crippen molar-refractivity contribution in [3.63, 3.8) is 0 Å². The van der Waals surface area contributed by atoms with Crippen LogP contribution in [0.5, 0.6) is 0 Å². The van der Waals surface area contributed by atoms with Crippen LogP contribution in [-0.4, -0.2) is 14.9 Å². The van der Waals surface area contributed by atoms with Crippen LogP contribution >= 0.6 is 27.3 Å². The average molecular weight is 329 g/mol. The van der Waals surface area contributed by atoms with Crippen molar-refractivity contribution in [1.29, 1.82) is 0 Å². The number of aromatic nitrogens is 2. The van der Waals surface area contributed by atoms with Gasteiger partial charge in [0.2, 0.25) is 0 Å². The fourth-order valence-electron chi connectivity index (χ4n) is 1.88. The normalized spacial score (nSPS) is 12.9. The number of nitrogens with zero attached hydrogens (tertiary/aromatic N) is 2. The Hall–Kier alpha value is -0.650. The van der Waals surface area contributed by atoms with Crippen LogP contribution in [-0.2, 0) is 19.9 Å². The monoisotopic (exact) mass is 328 g/mol. The zero-order chi connectivity index (χ0) is 13.3. The van der Waals surface area contributed by atoms with Crippen molar-refractivity contribution in [2.75, 3.05) is 0 Å². The van der Waals surface area contributed by atoms with E-state index in [0.717, 1.165) is 27.2 Å². The summed E-state index contributed by atoms with van der Waals surface area (Å²) in [6, 6.07) is 4.07. The molecule has 0 fully saturated rings. The van der Waals surface area contributed by atoms with E-state index in [0.29, 0.717) is 6.42 Å². The molecular weight excluding hydrogens is 312 g/mol. The van der Waals surface area contributed by atoms with Crippen LogP contribution in [0.15, 0.2) is 16.6 Å². The van der Waals surface area contributed by atoms with Crippen LogP contribution in [0.1, 0.15) is 34.2 Å². The molecule has 5 heteroatoms. The van der Waals surface area contributed by atoms with E-state index in [1.54, 1.807) is 11.3 Å². The lowest BCUT2D eigenvalue weighted by molar-refractivity contribution is 0.179. The molecule has 2 rings (SSSR count). The summed E-state index contributed by atoms with van der Waals surface area (Å²) in [5.41, 5.74) is 2.14. The Labute approximate surface area is 120 Å². The van der Waals surface area contributed by atoms with Crippen LogP contribution in [0.4, 0.5) is 0 Å². The molecule has 0 amide bonds. The second kappa shape index (κ2) is 5.55. The minimum absolute atomic E-state index is 0.458. The van der Waals surface area contributed by atoms with Gasteiger partial charge in [-0.15, -0.1) is 11.3 Å². The highest BCUT2D eigenvalue weighted by molar-refractivity contribution is 9.10. The molecule has 0 bridgehead atoms. The Morgan fingerprint density at radius 1 is 1.50 bits per heavy atom. The van der Waals surface area contributed by atoms with Crippen molar-refractivity contribution in [3.8, 4) is 0 Å². The molecule has 0 aromatic carbocycles. The fraction of sp³-hybridized carbons (Fsp3) is 0.462. The van der Waals surface area contributed by atoms with Gasteiger partial charge in [-0.05, 0) is 41.4 Å². The third-order valence-corrected chi connectivity index (χ3v) is 5.23. The molecule has 2 heterocycles. The Bertz CT molecular complexity index is 528. The number of hydrogen-bond donors (Lipinski definition) is 1. The van der Waals surface area contributed by atoms with Gasteiger partial charge in [-0.1, -0.05) is 6.92 Å². The first-order valence-corrected chi connectivity index (χ1v) is 7.58.